The number of benzene rings is 2. The van der Waals surface area contributed by atoms with E-state index in [4.69, 9.17) is 0 Å². The lowest BCUT2D eigenvalue weighted by Crippen LogP contribution is -2.16. The summed E-state index contributed by atoms with van der Waals surface area (Å²) in [5.74, 6) is 1.80. The first kappa shape index (κ1) is 23.2. The first-order valence-corrected chi connectivity index (χ1v) is 12.1. The van der Waals surface area contributed by atoms with Crippen molar-refractivity contribution in [1.82, 2.24) is 14.8 Å². The summed E-state index contributed by atoms with van der Waals surface area (Å²) in [6.07, 6.45) is 1.83. The number of amides is 1. The van der Waals surface area contributed by atoms with Crippen molar-refractivity contribution in [3.8, 4) is 0 Å². The minimum Gasteiger partial charge on any atom is -0.325 e. The van der Waals surface area contributed by atoms with E-state index in [9.17, 15) is 4.79 Å². The Morgan fingerprint density at radius 1 is 1.03 bits per heavy atom. The van der Waals surface area contributed by atoms with Gasteiger partial charge in [-0.1, -0.05) is 53.2 Å². The SMILES string of the molecule is C=CCn1c(CSc2ccc(C)cc2)nnc1SCC(=O)Nc1c(C)cc(C)cc1C. The molecule has 3 rings (SSSR count). The van der Waals surface area contributed by atoms with Gasteiger partial charge in [0.2, 0.25) is 5.91 Å². The fourth-order valence-electron chi connectivity index (χ4n) is 3.31. The molecule has 162 valence electrons. The van der Waals surface area contributed by atoms with E-state index in [1.54, 1.807) is 11.8 Å². The predicted octanol–water partition coefficient (Wildman–Crippen LogP) is 5.72. The Morgan fingerprint density at radius 2 is 1.71 bits per heavy atom. The zero-order valence-corrected chi connectivity index (χ0v) is 20.1. The minimum atomic E-state index is -0.0520. The zero-order valence-electron chi connectivity index (χ0n) is 18.4. The maximum Gasteiger partial charge on any atom is 0.234 e. The van der Waals surface area contributed by atoms with Gasteiger partial charge in [0.15, 0.2) is 5.16 Å². The molecule has 0 radical (unpaired) electrons. The lowest BCUT2D eigenvalue weighted by molar-refractivity contribution is -0.113. The van der Waals surface area contributed by atoms with Crippen molar-refractivity contribution < 1.29 is 4.79 Å². The molecule has 0 saturated heterocycles. The Hall–Kier alpha value is -2.51. The largest absolute Gasteiger partial charge is 0.325 e. The molecule has 3 aromatic rings. The molecule has 0 saturated carbocycles. The van der Waals surface area contributed by atoms with E-state index in [0.29, 0.717) is 12.3 Å². The van der Waals surface area contributed by atoms with E-state index in [-0.39, 0.29) is 11.7 Å². The normalized spacial score (nSPS) is 10.8. The first-order valence-electron chi connectivity index (χ1n) is 10.1. The molecule has 0 spiro atoms. The van der Waals surface area contributed by atoms with Crippen LogP contribution in [0.4, 0.5) is 5.69 Å². The van der Waals surface area contributed by atoms with Crippen LogP contribution in [0, 0.1) is 27.7 Å². The number of nitrogens with one attached hydrogen (secondary N) is 1. The summed E-state index contributed by atoms with van der Waals surface area (Å²) < 4.78 is 2.02. The highest BCUT2D eigenvalue weighted by Gasteiger charge is 2.15. The number of carbonyl (C=O) groups excluding carboxylic acids is 1. The number of thioether (sulfide) groups is 2. The quantitative estimate of drug-likeness (QED) is 0.332. The van der Waals surface area contributed by atoms with Crippen LogP contribution in [0.2, 0.25) is 0 Å². The van der Waals surface area contributed by atoms with E-state index >= 15 is 0 Å². The lowest BCUT2D eigenvalue weighted by Gasteiger charge is -2.13. The Kier molecular flexibility index (Phi) is 7.98. The summed E-state index contributed by atoms with van der Waals surface area (Å²) in [7, 11) is 0. The predicted molar refractivity (Wildman–Crippen MR) is 131 cm³/mol. The van der Waals surface area contributed by atoms with Gasteiger partial charge >= 0.3 is 0 Å². The number of aromatic nitrogens is 3. The van der Waals surface area contributed by atoms with Crippen LogP contribution >= 0.6 is 23.5 Å². The van der Waals surface area contributed by atoms with Crippen LogP contribution in [0.25, 0.3) is 0 Å². The van der Waals surface area contributed by atoms with Gasteiger partial charge in [0, 0.05) is 17.1 Å². The maximum atomic E-state index is 12.6. The van der Waals surface area contributed by atoms with Crippen LogP contribution in [0.3, 0.4) is 0 Å². The summed E-state index contributed by atoms with van der Waals surface area (Å²) in [6.45, 7) is 12.6. The van der Waals surface area contributed by atoms with Gasteiger partial charge in [-0.3, -0.25) is 4.79 Å². The number of carbonyl (C=O) groups is 1. The third-order valence-electron chi connectivity index (χ3n) is 4.77. The lowest BCUT2D eigenvalue weighted by atomic mass is 10.1. The van der Waals surface area contributed by atoms with Crippen LogP contribution in [0.1, 0.15) is 28.1 Å². The van der Waals surface area contributed by atoms with Gasteiger partial charge in [-0.05, 0) is 51.0 Å². The van der Waals surface area contributed by atoms with Crippen LogP contribution < -0.4 is 5.32 Å². The summed E-state index contributed by atoms with van der Waals surface area (Å²) in [4.78, 5) is 13.8. The molecule has 1 N–H and O–H groups in total. The fraction of sp³-hybridized carbons (Fsp3) is 0.292. The summed E-state index contributed by atoms with van der Waals surface area (Å²) in [5.41, 5.74) is 5.46. The van der Waals surface area contributed by atoms with Crippen molar-refractivity contribution in [3.63, 3.8) is 0 Å². The topological polar surface area (TPSA) is 59.8 Å². The molecule has 1 heterocycles. The Bertz CT molecular complexity index is 1050. The first-order chi connectivity index (χ1) is 14.9. The van der Waals surface area contributed by atoms with Crippen molar-refractivity contribution in [2.75, 3.05) is 11.1 Å². The number of allylic oxidation sites excluding steroid dienone is 1. The Labute approximate surface area is 192 Å². The van der Waals surface area contributed by atoms with E-state index in [1.165, 1.54) is 27.8 Å². The van der Waals surface area contributed by atoms with E-state index in [1.807, 2.05) is 24.5 Å². The molecule has 0 aliphatic carbocycles. The molecule has 0 atom stereocenters. The minimum absolute atomic E-state index is 0.0520. The molecule has 1 amide bonds. The molecule has 31 heavy (non-hydrogen) atoms. The Balaban J connectivity index is 1.64. The zero-order chi connectivity index (χ0) is 22.4. The van der Waals surface area contributed by atoms with Crippen molar-refractivity contribution in [3.05, 3.63) is 77.1 Å². The van der Waals surface area contributed by atoms with E-state index in [2.05, 4.69) is 72.3 Å². The average Bonchev–Trinajstić information content (AvgIpc) is 3.10. The maximum absolute atomic E-state index is 12.6. The molecule has 2 aromatic carbocycles. The number of anilines is 1. The van der Waals surface area contributed by atoms with Gasteiger partial charge in [-0.25, -0.2) is 0 Å². The summed E-state index contributed by atoms with van der Waals surface area (Å²) in [5, 5.41) is 12.5. The fourth-order valence-corrected chi connectivity index (χ4v) is 4.91. The highest BCUT2D eigenvalue weighted by Crippen LogP contribution is 2.26. The molecule has 5 nitrogen and oxygen atoms in total. The second-order valence-corrected chi connectivity index (χ2v) is 9.50. The van der Waals surface area contributed by atoms with Crippen molar-refractivity contribution in [1.29, 1.82) is 0 Å². The molecular formula is C24H28N4OS2. The molecule has 0 aliphatic heterocycles. The van der Waals surface area contributed by atoms with E-state index in [0.717, 1.165) is 27.8 Å². The molecular weight excluding hydrogens is 424 g/mol. The van der Waals surface area contributed by atoms with Gasteiger partial charge in [-0.15, -0.1) is 28.5 Å². The Morgan fingerprint density at radius 3 is 2.35 bits per heavy atom. The van der Waals surface area contributed by atoms with Crippen LogP contribution in [0.5, 0.6) is 0 Å². The number of hydrogen-bond donors (Lipinski definition) is 1. The smallest absolute Gasteiger partial charge is 0.234 e. The molecule has 0 bridgehead atoms. The number of hydrogen-bond acceptors (Lipinski definition) is 5. The molecule has 7 heteroatoms. The van der Waals surface area contributed by atoms with E-state index < -0.39 is 0 Å². The van der Waals surface area contributed by atoms with Crippen molar-refractivity contribution in [2.24, 2.45) is 0 Å². The van der Waals surface area contributed by atoms with Gasteiger partial charge in [-0.2, -0.15) is 0 Å². The number of rotatable bonds is 9. The molecule has 0 unspecified atom stereocenters. The standard InChI is InChI=1S/C24H28N4OS2/c1-6-11-28-21(14-30-20-9-7-16(2)8-10-20)26-27-24(28)31-15-22(29)25-23-18(4)12-17(3)13-19(23)5/h6-10,12-13H,1,11,14-15H2,2-5H3,(H,25,29). The van der Waals surface area contributed by atoms with Crippen LogP contribution in [-0.2, 0) is 17.1 Å². The second-order valence-electron chi connectivity index (χ2n) is 7.51. The van der Waals surface area contributed by atoms with Crippen LogP contribution in [-0.4, -0.2) is 26.4 Å². The highest BCUT2D eigenvalue weighted by atomic mass is 32.2. The van der Waals surface area contributed by atoms with Gasteiger partial charge < -0.3 is 9.88 Å². The third kappa shape index (κ3) is 6.24. The van der Waals surface area contributed by atoms with Crippen molar-refractivity contribution >= 4 is 35.1 Å². The molecule has 0 fully saturated rings. The van der Waals surface area contributed by atoms with Gasteiger partial charge in [0.25, 0.3) is 0 Å². The average molecular weight is 453 g/mol. The summed E-state index contributed by atoms with van der Waals surface area (Å²) >= 11 is 3.11. The van der Waals surface area contributed by atoms with Crippen LogP contribution in [0.15, 0.2) is 59.1 Å². The number of aryl methyl sites for hydroxylation is 4. The molecule has 1 aromatic heterocycles. The monoisotopic (exact) mass is 452 g/mol. The van der Waals surface area contributed by atoms with Crippen molar-refractivity contribution in [2.45, 2.75) is 50.0 Å². The highest BCUT2D eigenvalue weighted by molar-refractivity contribution is 7.99. The molecule has 0 aliphatic rings. The number of nitrogens with zero attached hydrogens (tertiary/aromatic N) is 3. The third-order valence-corrected chi connectivity index (χ3v) is 6.74. The summed E-state index contributed by atoms with van der Waals surface area (Å²) in [6, 6.07) is 12.6. The van der Waals surface area contributed by atoms with Gasteiger partial charge in [0.05, 0.1) is 11.5 Å². The second kappa shape index (κ2) is 10.7. The van der Waals surface area contributed by atoms with Gasteiger partial charge in [0.1, 0.15) is 5.82 Å².